The first kappa shape index (κ1) is 22.3. The summed E-state index contributed by atoms with van der Waals surface area (Å²) in [5, 5.41) is 11.3. The number of hydrogen-bond donors (Lipinski definition) is 3. The Kier molecular flexibility index (Phi) is 7.61. The SMILES string of the molecule is CCC[C@@H](CC(=O)NOCC(=O)O)NC(=O)OCC1c2ccccc2-c2ccccc21. The molecular weight excluding hydrogens is 400 g/mol. The van der Waals surface area contributed by atoms with E-state index in [1.165, 1.54) is 0 Å². The first-order valence-corrected chi connectivity index (χ1v) is 10.2. The lowest BCUT2D eigenvalue weighted by molar-refractivity contribution is -0.149. The molecule has 0 aliphatic heterocycles. The molecule has 1 aliphatic rings. The number of aliphatic carboxylic acids is 1. The molecule has 3 rings (SSSR count). The largest absolute Gasteiger partial charge is 0.479 e. The topological polar surface area (TPSA) is 114 Å². The number of fused-ring (bicyclic) bond motifs is 3. The van der Waals surface area contributed by atoms with E-state index >= 15 is 0 Å². The minimum absolute atomic E-state index is 0.0440. The number of hydrogen-bond acceptors (Lipinski definition) is 5. The highest BCUT2D eigenvalue weighted by molar-refractivity contribution is 5.79. The first-order valence-electron chi connectivity index (χ1n) is 10.2. The summed E-state index contributed by atoms with van der Waals surface area (Å²) in [6.07, 6.45) is 0.672. The number of nitrogens with one attached hydrogen (secondary N) is 2. The van der Waals surface area contributed by atoms with Gasteiger partial charge in [0.25, 0.3) is 0 Å². The van der Waals surface area contributed by atoms with Crippen molar-refractivity contribution in [2.45, 2.75) is 38.1 Å². The van der Waals surface area contributed by atoms with Crippen LogP contribution in [0, 0.1) is 0 Å². The molecule has 1 atom stereocenters. The Morgan fingerprint density at radius 3 is 2.23 bits per heavy atom. The van der Waals surface area contributed by atoms with Gasteiger partial charge in [-0.1, -0.05) is 61.9 Å². The molecule has 0 radical (unpaired) electrons. The van der Waals surface area contributed by atoms with Crippen molar-refractivity contribution in [1.82, 2.24) is 10.8 Å². The van der Waals surface area contributed by atoms with Gasteiger partial charge in [-0.25, -0.2) is 15.1 Å². The second kappa shape index (κ2) is 10.6. The van der Waals surface area contributed by atoms with Crippen LogP contribution in [0.25, 0.3) is 11.1 Å². The van der Waals surface area contributed by atoms with Crippen LogP contribution in [-0.4, -0.2) is 42.3 Å². The molecule has 0 bridgehead atoms. The summed E-state index contributed by atoms with van der Waals surface area (Å²) < 4.78 is 5.52. The number of carboxylic acids is 1. The van der Waals surface area contributed by atoms with Gasteiger partial charge in [0.05, 0.1) is 0 Å². The smallest absolute Gasteiger partial charge is 0.407 e. The van der Waals surface area contributed by atoms with Gasteiger partial charge in [-0.2, -0.15) is 0 Å². The van der Waals surface area contributed by atoms with Crippen LogP contribution in [0.3, 0.4) is 0 Å². The summed E-state index contributed by atoms with van der Waals surface area (Å²) in [7, 11) is 0. The number of carboxylic acid groups (broad SMARTS) is 1. The van der Waals surface area contributed by atoms with Gasteiger partial charge in [0, 0.05) is 18.4 Å². The highest BCUT2D eigenvalue weighted by atomic mass is 16.7. The summed E-state index contributed by atoms with van der Waals surface area (Å²) in [6, 6.07) is 15.7. The number of hydroxylamine groups is 1. The van der Waals surface area contributed by atoms with Crippen molar-refractivity contribution in [2.75, 3.05) is 13.2 Å². The van der Waals surface area contributed by atoms with E-state index in [0.29, 0.717) is 6.42 Å². The van der Waals surface area contributed by atoms with Gasteiger partial charge in [0.15, 0.2) is 6.61 Å². The van der Waals surface area contributed by atoms with E-state index in [1.54, 1.807) is 0 Å². The summed E-state index contributed by atoms with van der Waals surface area (Å²) in [5.74, 6) is -1.75. The molecule has 2 aromatic carbocycles. The lowest BCUT2D eigenvalue weighted by Gasteiger charge is -2.19. The second-order valence-corrected chi connectivity index (χ2v) is 7.37. The Labute approximate surface area is 180 Å². The minimum atomic E-state index is -1.19. The molecule has 0 heterocycles. The van der Waals surface area contributed by atoms with Crippen molar-refractivity contribution in [3.05, 3.63) is 59.7 Å². The average molecular weight is 426 g/mol. The molecule has 0 saturated heterocycles. The predicted molar refractivity (Wildman–Crippen MR) is 113 cm³/mol. The molecule has 31 heavy (non-hydrogen) atoms. The van der Waals surface area contributed by atoms with Crippen LogP contribution in [0.4, 0.5) is 4.79 Å². The maximum absolute atomic E-state index is 12.4. The van der Waals surface area contributed by atoms with Gasteiger partial charge >= 0.3 is 12.1 Å². The monoisotopic (exact) mass is 426 g/mol. The Bertz CT molecular complexity index is 900. The zero-order chi connectivity index (χ0) is 22.2. The van der Waals surface area contributed by atoms with Gasteiger partial charge in [-0.05, 0) is 28.7 Å². The van der Waals surface area contributed by atoms with E-state index in [4.69, 9.17) is 9.84 Å². The number of rotatable bonds is 10. The van der Waals surface area contributed by atoms with Gasteiger partial charge in [0.2, 0.25) is 5.91 Å². The standard InChI is InChI=1S/C23H26N2O6/c1-2-7-15(12-21(26)25-31-14-22(27)28)24-23(29)30-13-20-18-10-5-3-8-16(18)17-9-4-6-11-19(17)20/h3-6,8-11,15,20H,2,7,12-14H2,1H3,(H,24,29)(H,25,26)(H,27,28)/t15-/m0/s1. The molecule has 164 valence electrons. The fourth-order valence-corrected chi connectivity index (χ4v) is 3.82. The van der Waals surface area contributed by atoms with Gasteiger partial charge in [0.1, 0.15) is 6.61 Å². The Balaban J connectivity index is 1.56. The molecule has 3 N–H and O–H groups in total. The Morgan fingerprint density at radius 2 is 1.65 bits per heavy atom. The fourth-order valence-electron chi connectivity index (χ4n) is 3.82. The van der Waals surface area contributed by atoms with Crippen molar-refractivity contribution < 1.29 is 29.1 Å². The molecule has 0 fully saturated rings. The van der Waals surface area contributed by atoms with Gasteiger partial charge in [-0.15, -0.1) is 0 Å². The van der Waals surface area contributed by atoms with Gasteiger partial charge in [-0.3, -0.25) is 9.63 Å². The summed E-state index contributed by atoms with van der Waals surface area (Å²) >= 11 is 0. The lowest BCUT2D eigenvalue weighted by atomic mass is 9.98. The van der Waals surface area contributed by atoms with Crippen molar-refractivity contribution in [2.24, 2.45) is 0 Å². The molecule has 2 aromatic rings. The van der Waals surface area contributed by atoms with Crippen LogP contribution < -0.4 is 10.8 Å². The number of amides is 2. The molecule has 0 unspecified atom stereocenters. The van der Waals surface area contributed by atoms with E-state index in [1.807, 2.05) is 43.3 Å². The van der Waals surface area contributed by atoms with E-state index < -0.39 is 30.6 Å². The van der Waals surface area contributed by atoms with Gasteiger partial charge < -0.3 is 15.2 Å². The van der Waals surface area contributed by atoms with E-state index in [2.05, 4.69) is 27.8 Å². The number of carbonyl (C=O) groups is 3. The Hall–Kier alpha value is -3.39. The van der Waals surface area contributed by atoms with Crippen LogP contribution in [0.1, 0.15) is 43.2 Å². The molecule has 1 aliphatic carbocycles. The van der Waals surface area contributed by atoms with E-state index in [0.717, 1.165) is 28.7 Å². The highest BCUT2D eigenvalue weighted by Gasteiger charge is 2.29. The highest BCUT2D eigenvalue weighted by Crippen LogP contribution is 2.44. The zero-order valence-electron chi connectivity index (χ0n) is 17.3. The number of carbonyl (C=O) groups excluding carboxylic acids is 2. The van der Waals surface area contributed by atoms with Crippen LogP contribution in [0.15, 0.2) is 48.5 Å². The molecule has 8 nitrogen and oxygen atoms in total. The first-order chi connectivity index (χ1) is 15.0. The summed E-state index contributed by atoms with van der Waals surface area (Å²) in [4.78, 5) is 39.3. The third-order valence-electron chi connectivity index (χ3n) is 5.12. The van der Waals surface area contributed by atoms with E-state index in [-0.39, 0.29) is 18.9 Å². The zero-order valence-corrected chi connectivity index (χ0v) is 17.3. The second-order valence-electron chi connectivity index (χ2n) is 7.37. The van der Waals surface area contributed by atoms with Crippen LogP contribution in [-0.2, 0) is 19.2 Å². The quantitative estimate of drug-likeness (QED) is 0.503. The van der Waals surface area contributed by atoms with E-state index in [9.17, 15) is 14.4 Å². The fraction of sp³-hybridized carbons (Fsp3) is 0.348. The third kappa shape index (κ3) is 5.82. The molecule has 0 saturated carbocycles. The van der Waals surface area contributed by atoms with Crippen molar-refractivity contribution in [3.8, 4) is 11.1 Å². The normalized spacial score (nSPS) is 13.1. The molecule has 8 heteroatoms. The van der Waals surface area contributed by atoms with Crippen molar-refractivity contribution in [1.29, 1.82) is 0 Å². The van der Waals surface area contributed by atoms with Crippen molar-refractivity contribution in [3.63, 3.8) is 0 Å². The maximum Gasteiger partial charge on any atom is 0.407 e. The number of ether oxygens (including phenoxy) is 1. The van der Waals surface area contributed by atoms with Crippen LogP contribution in [0.2, 0.25) is 0 Å². The molecular formula is C23H26N2O6. The van der Waals surface area contributed by atoms with Crippen molar-refractivity contribution >= 4 is 18.0 Å². The predicted octanol–water partition coefficient (Wildman–Crippen LogP) is 3.22. The van der Waals surface area contributed by atoms with Crippen LogP contribution >= 0.6 is 0 Å². The summed E-state index contributed by atoms with van der Waals surface area (Å²) in [6.45, 7) is 1.49. The molecule has 0 spiro atoms. The summed E-state index contributed by atoms with van der Waals surface area (Å²) in [5.41, 5.74) is 6.60. The Morgan fingerprint density at radius 1 is 1.03 bits per heavy atom. The lowest BCUT2D eigenvalue weighted by Crippen LogP contribution is -2.40. The average Bonchev–Trinajstić information content (AvgIpc) is 3.06. The molecule has 0 aromatic heterocycles. The maximum atomic E-state index is 12.4. The minimum Gasteiger partial charge on any atom is -0.479 e. The third-order valence-corrected chi connectivity index (χ3v) is 5.12. The van der Waals surface area contributed by atoms with Crippen LogP contribution in [0.5, 0.6) is 0 Å². The molecule has 2 amide bonds. The number of benzene rings is 2. The number of alkyl carbamates (subject to hydrolysis) is 1.